The molecule has 0 saturated heterocycles. The molecule has 1 aromatic rings. The second-order valence-electron chi connectivity index (χ2n) is 4.43. The van der Waals surface area contributed by atoms with Crippen LogP contribution in [0.3, 0.4) is 0 Å². The fraction of sp³-hybridized carbons (Fsp3) is 0.571. The molecule has 0 bridgehead atoms. The molecule has 0 radical (unpaired) electrons. The van der Waals surface area contributed by atoms with Crippen LogP contribution in [-0.2, 0) is 4.74 Å². The first-order valence-electron chi connectivity index (χ1n) is 6.06. The molecule has 0 aliphatic heterocycles. The Hall–Kier alpha value is -0.860. The predicted octanol–water partition coefficient (Wildman–Crippen LogP) is 3.28. The minimum absolute atomic E-state index is 0.113. The van der Waals surface area contributed by atoms with Gasteiger partial charge in [-0.2, -0.15) is 0 Å². The second-order valence-corrected chi connectivity index (χ2v) is 4.43. The van der Waals surface area contributed by atoms with Gasteiger partial charge in [-0.25, -0.2) is 0 Å². The Bertz CT molecular complexity index is 293. The SMILES string of the molecule is CCC(N)(CC)COC(C)c1ccccc1. The van der Waals surface area contributed by atoms with Crippen LogP contribution >= 0.6 is 0 Å². The van der Waals surface area contributed by atoms with Crippen molar-refractivity contribution in [2.24, 2.45) is 5.73 Å². The number of hydrogen-bond acceptors (Lipinski definition) is 2. The van der Waals surface area contributed by atoms with Crippen LogP contribution in [0, 0.1) is 0 Å². The number of benzene rings is 1. The van der Waals surface area contributed by atoms with Crippen molar-refractivity contribution in [2.75, 3.05) is 6.61 Å². The smallest absolute Gasteiger partial charge is 0.0797 e. The molecule has 0 heterocycles. The van der Waals surface area contributed by atoms with E-state index in [0.29, 0.717) is 6.61 Å². The van der Waals surface area contributed by atoms with Gasteiger partial charge in [0.1, 0.15) is 0 Å². The number of nitrogens with two attached hydrogens (primary N) is 1. The molecule has 90 valence electrons. The quantitative estimate of drug-likeness (QED) is 0.800. The van der Waals surface area contributed by atoms with E-state index in [1.807, 2.05) is 18.2 Å². The van der Waals surface area contributed by atoms with Crippen LogP contribution in [0.1, 0.15) is 45.3 Å². The van der Waals surface area contributed by atoms with Crippen molar-refractivity contribution < 1.29 is 4.74 Å². The summed E-state index contributed by atoms with van der Waals surface area (Å²) in [5.41, 5.74) is 7.23. The maximum absolute atomic E-state index is 6.20. The number of rotatable bonds is 6. The van der Waals surface area contributed by atoms with Crippen molar-refractivity contribution >= 4 is 0 Å². The Labute approximate surface area is 98.8 Å². The molecular weight excluding hydrogens is 198 g/mol. The van der Waals surface area contributed by atoms with Gasteiger partial charge in [0.05, 0.1) is 12.7 Å². The molecule has 2 N–H and O–H groups in total. The van der Waals surface area contributed by atoms with E-state index in [2.05, 4.69) is 32.9 Å². The molecule has 1 rings (SSSR count). The molecule has 0 fully saturated rings. The summed E-state index contributed by atoms with van der Waals surface area (Å²) in [6, 6.07) is 10.2. The van der Waals surface area contributed by atoms with Gasteiger partial charge in [0.2, 0.25) is 0 Å². The van der Waals surface area contributed by atoms with Gasteiger partial charge in [0, 0.05) is 5.54 Å². The molecule has 1 aromatic carbocycles. The zero-order valence-corrected chi connectivity index (χ0v) is 10.6. The Balaban J connectivity index is 2.50. The van der Waals surface area contributed by atoms with Crippen molar-refractivity contribution in [2.45, 2.75) is 45.3 Å². The third-order valence-electron chi connectivity index (χ3n) is 3.30. The average Bonchev–Trinajstić information content (AvgIpc) is 2.36. The lowest BCUT2D eigenvalue weighted by Crippen LogP contribution is -2.43. The van der Waals surface area contributed by atoms with Crippen LogP contribution in [-0.4, -0.2) is 12.1 Å². The van der Waals surface area contributed by atoms with Crippen LogP contribution in [0.4, 0.5) is 0 Å². The summed E-state index contributed by atoms with van der Waals surface area (Å²) in [6.45, 7) is 6.91. The fourth-order valence-electron chi connectivity index (χ4n) is 1.57. The topological polar surface area (TPSA) is 35.2 Å². The van der Waals surface area contributed by atoms with E-state index in [4.69, 9.17) is 10.5 Å². The van der Waals surface area contributed by atoms with Gasteiger partial charge in [-0.05, 0) is 25.3 Å². The van der Waals surface area contributed by atoms with Crippen LogP contribution in [0.25, 0.3) is 0 Å². The molecule has 2 heteroatoms. The molecular formula is C14H23NO. The molecule has 0 aliphatic carbocycles. The Morgan fingerprint density at radius 1 is 1.19 bits per heavy atom. The molecule has 0 aromatic heterocycles. The van der Waals surface area contributed by atoms with Crippen LogP contribution < -0.4 is 5.73 Å². The third-order valence-corrected chi connectivity index (χ3v) is 3.30. The Morgan fingerprint density at radius 2 is 1.75 bits per heavy atom. The monoisotopic (exact) mass is 221 g/mol. The van der Waals surface area contributed by atoms with E-state index in [1.165, 1.54) is 5.56 Å². The lowest BCUT2D eigenvalue weighted by Gasteiger charge is -2.28. The van der Waals surface area contributed by atoms with Gasteiger partial charge < -0.3 is 10.5 Å². The highest BCUT2D eigenvalue weighted by Gasteiger charge is 2.21. The van der Waals surface area contributed by atoms with E-state index in [1.54, 1.807) is 0 Å². The molecule has 0 aliphatic rings. The maximum Gasteiger partial charge on any atom is 0.0797 e. The summed E-state index contributed by atoms with van der Waals surface area (Å²) in [5.74, 6) is 0. The van der Waals surface area contributed by atoms with Gasteiger partial charge in [-0.1, -0.05) is 44.2 Å². The van der Waals surface area contributed by atoms with Crippen LogP contribution in [0.5, 0.6) is 0 Å². The lowest BCUT2D eigenvalue weighted by molar-refractivity contribution is 0.0264. The second kappa shape index (κ2) is 6.02. The molecule has 0 saturated carbocycles. The van der Waals surface area contributed by atoms with Crippen molar-refractivity contribution in [3.8, 4) is 0 Å². The summed E-state index contributed by atoms with van der Waals surface area (Å²) < 4.78 is 5.85. The predicted molar refractivity (Wildman–Crippen MR) is 68.3 cm³/mol. The van der Waals surface area contributed by atoms with E-state index < -0.39 is 0 Å². The minimum Gasteiger partial charge on any atom is -0.372 e. The largest absolute Gasteiger partial charge is 0.372 e. The molecule has 2 nitrogen and oxygen atoms in total. The van der Waals surface area contributed by atoms with E-state index in [9.17, 15) is 0 Å². The summed E-state index contributed by atoms with van der Waals surface area (Å²) in [6.07, 6.45) is 2.01. The standard InChI is InChI=1S/C14H23NO/c1-4-14(15,5-2)11-16-12(3)13-9-7-6-8-10-13/h6-10,12H,4-5,11,15H2,1-3H3. The molecule has 0 spiro atoms. The van der Waals surface area contributed by atoms with Crippen molar-refractivity contribution in [3.05, 3.63) is 35.9 Å². The molecule has 1 unspecified atom stereocenters. The average molecular weight is 221 g/mol. The summed E-state index contributed by atoms with van der Waals surface area (Å²) in [7, 11) is 0. The van der Waals surface area contributed by atoms with Gasteiger partial charge >= 0.3 is 0 Å². The van der Waals surface area contributed by atoms with Gasteiger partial charge in [-0.15, -0.1) is 0 Å². The highest BCUT2D eigenvalue weighted by Crippen LogP contribution is 2.20. The molecule has 0 amide bonds. The lowest BCUT2D eigenvalue weighted by atomic mass is 9.95. The Morgan fingerprint density at radius 3 is 2.25 bits per heavy atom. The highest BCUT2D eigenvalue weighted by atomic mass is 16.5. The molecule has 1 atom stereocenters. The first-order valence-corrected chi connectivity index (χ1v) is 6.06. The minimum atomic E-state index is -0.178. The first kappa shape index (κ1) is 13.2. The summed E-state index contributed by atoms with van der Waals surface area (Å²) in [5, 5.41) is 0. The zero-order chi connectivity index (χ0) is 12.0. The number of ether oxygens (including phenoxy) is 1. The van der Waals surface area contributed by atoms with Crippen molar-refractivity contribution in [3.63, 3.8) is 0 Å². The maximum atomic E-state index is 6.20. The zero-order valence-electron chi connectivity index (χ0n) is 10.6. The van der Waals surface area contributed by atoms with Crippen LogP contribution in [0.2, 0.25) is 0 Å². The normalized spacial score (nSPS) is 13.8. The fourth-order valence-corrected chi connectivity index (χ4v) is 1.57. The summed E-state index contributed by atoms with van der Waals surface area (Å²) in [4.78, 5) is 0. The van der Waals surface area contributed by atoms with Gasteiger partial charge in [0.15, 0.2) is 0 Å². The summed E-state index contributed by atoms with van der Waals surface area (Å²) >= 11 is 0. The highest BCUT2D eigenvalue weighted by molar-refractivity contribution is 5.16. The van der Waals surface area contributed by atoms with Gasteiger partial charge in [-0.3, -0.25) is 0 Å². The first-order chi connectivity index (χ1) is 7.61. The number of hydrogen-bond donors (Lipinski definition) is 1. The van der Waals surface area contributed by atoms with Gasteiger partial charge in [0.25, 0.3) is 0 Å². The van der Waals surface area contributed by atoms with Crippen LogP contribution in [0.15, 0.2) is 30.3 Å². The third kappa shape index (κ3) is 3.62. The van der Waals surface area contributed by atoms with E-state index >= 15 is 0 Å². The molecule has 16 heavy (non-hydrogen) atoms. The van der Waals surface area contributed by atoms with E-state index in [-0.39, 0.29) is 11.6 Å². The van der Waals surface area contributed by atoms with Crippen molar-refractivity contribution in [1.29, 1.82) is 0 Å². The van der Waals surface area contributed by atoms with E-state index in [0.717, 1.165) is 12.8 Å². The van der Waals surface area contributed by atoms with Crippen molar-refractivity contribution in [1.82, 2.24) is 0 Å². The Kier molecular flexibility index (Phi) is 4.97.